The zero-order valence-electron chi connectivity index (χ0n) is 11.0. The first-order valence-corrected chi connectivity index (χ1v) is 6.98. The molecule has 4 nitrogen and oxygen atoms in total. The van der Waals surface area contributed by atoms with E-state index in [0.717, 1.165) is 18.6 Å². The summed E-state index contributed by atoms with van der Waals surface area (Å²) in [6, 6.07) is 7.68. The first kappa shape index (κ1) is 12.5. The van der Waals surface area contributed by atoms with Gasteiger partial charge in [-0.2, -0.15) is 0 Å². The lowest BCUT2D eigenvalue weighted by Crippen LogP contribution is -2.42. The Bertz CT molecular complexity index is 471. The largest absolute Gasteiger partial charge is 0.399 e. The third-order valence-corrected chi connectivity index (χ3v) is 3.88. The molecule has 1 aromatic carbocycles. The normalized spacial score (nSPS) is 26.3. The van der Waals surface area contributed by atoms with E-state index in [1.54, 1.807) is 0 Å². The molecule has 1 amide bonds. The van der Waals surface area contributed by atoms with E-state index in [1.807, 2.05) is 24.3 Å². The number of ether oxygens (including phenoxy) is 1. The summed E-state index contributed by atoms with van der Waals surface area (Å²) in [7, 11) is 0. The zero-order chi connectivity index (χ0) is 13.2. The number of nitrogens with one attached hydrogen (secondary N) is 1. The molecule has 2 fully saturated rings. The van der Waals surface area contributed by atoms with Crippen LogP contribution in [0.3, 0.4) is 0 Å². The standard InChI is InChI=1S/C15H20N2O2/c16-12-3-1-2-10(8-12)9-14(18)17-13-6-7-19-15(13)11-4-5-11/h1-3,8,11,13,15H,4-7,9,16H2,(H,17,18). The monoisotopic (exact) mass is 260 g/mol. The average Bonchev–Trinajstić information content (AvgIpc) is 3.10. The number of carbonyl (C=O) groups excluding carboxylic acids is 1. The Kier molecular flexibility index (Phi) is 3.42. The van der Waals surface area contributed by atoms with Gasteiger partial charge >= 0.3 is 0 Å². The number of carbonyl (C=O) groups is 1. The van der Waals surface area contributed by atoms with Crippen LogP contribution in [0.25, 0.3) is 0 Å². The van der Waals surface area contributed by atoms with Crippen molar-refractivity contribution in [3.8, 4) is 0 Å². The highest BCUT2D eigenvalue weighted by molar-refractivity contribution is 5.79. The molecule has 102 valence electrons. The van der Waals surface area contributed by atoms with Crippen LogP contribution < -0.4 is 11.1 Å². The molecule has 19 heavy (non-hydrogen) atoms. The first-order valence-electron chi connectivity index (χ1n) is 6.98. The lowest BCUT2D eigenvalue weighted by molar-refractivity contribution is -0.121. The number of rotatable bonds is 4. The number of nitrogens with two attached hydrogens (primary N) is 1. The van der Waals surface area contributed by atoms with Crippen LogP contribution in [0.15, 0.2) is 24.3 Å². The molecular weight excluding hydrogens is 240 g/mol. The second-order valence-corrected chi connectivity index (χ2v) is 5.56. The third kappa shape index (κ3) is 3.07. The fraction of sp³-hybridized carbons (Fsp3) is 0.533. The maximum absolute atomic E-state index is 12.1. The molecule has 0 spiro atoms. The molecule has 3 N–H and O–H groups in total. The summed E-state index contributed by atoms with van der Waals surface area (Å²) in [4.78, 5) is 12.1. The lowest BCUT2D eigenvalue weighted by atomic mass is 10.1. The van der Waals surface area contributed by atoms with Crippen molar-refractivity contribution in [3.63, 3.8) is 0 Å². The van der Waals surface area contributed by atoms with Crippen LogP contribution in [-0.4, -0.2) is 24.7 Å². The van der Waals surface area contributed by atoms with Gasteiger partial charge in [0.15, 0.2) is 0 Å². The van der Waals surface area contributed by atoms with Crippen molar-refractivity contribution >= 4 is 11.6 Å². The van der Waals surface area contributed by atoms with Gasteiger partial charge in [0.1, 0.15) is 0 Å². The molecule has 1 aromatic rings. The van der Waals surface area contributed by atoms with Crippen LogP contribution in [0.2, 0.25) is 0 Å². The predicted octanol–water partition coefficient (Wildman–Crippen LogP) is 1.49. The molecule has 1 saturated heterocycles. The van der Waals surface area contributed by atoms with Crippen molar-refractivity contribution in [2.24, 2.45) is 5.92 Å². The van der Waals surface area contributed by atoms with E-state index < -0.39 is 0 Å². The summed E-state index contributed by atoms with van der Waals surface area (Å²) in [5.41, 5.74) is 7.37. The van der Waals surface area contributed by atoms with Gasteiger partial charge in [-0.3, -0.25) is 4.79 Å². The molecule has 0 aromatic heterocycles. The number of hydrogen-bond acceptors (Lipinski definition) is 3. The summed E-state index contributed by atoms with van der Waals surface area (Å²) in [6.45, 7) is 0.768. The van der Waals surface area contributed by atoms with Crippen LogP contribution >= 0.6 is 0 Å². The highest BCUT2D eigenvalue weighted by Gasteiger charge is 2.41. The number of nitrogen functional groups attached to an aromatic ring is 1. The summed E-state index contributed by atoms with van der Waals surface area (Å²) >= 11 is 0. The zero-order valence-corrected chi connectivity index (χ0v) is 11.0. The Morgan fingerprint density at radius 2 is 2.21 bits per heavy atom. The molecule has 3 rings (SSSR count). The second kappa shape index (κ2) is 5.21. The third-order valence-electron chi connectivity index (χ3n) is 3.88. The summed E-state index contributed by atoms with van der Waals surface area (Å²) in [5.74, 6) is 0.729. The van der Waals surface area contributed by atoms with E-state index in [4.69, 9.17) is 10.5 Å². The van der Waals surface area contributed by atoms with E-state index in [2.05, 4.69) is 5.32 Å². The molecule has 1 aliphatic carbocycles. The molecule has 1 saturated carbocycles. The van der Waals surface area contributed by atoms with Crippen molar-refractivity contribution in [1.29, 1.82) is 0 Å². The summed E-state index contributed by atoms with van der Waals surface area (Å²) in [5, 5.41) is 3.11. The quantitative estimate of drug-likeness (QED) is 0.806. The number of benzene rings is 1. The van der Waals surface area contributed by atoms with Gasteiger partial charge in [0.25, 0.3) is 0 Å². The highest BCUT2D eigenvalue weighted by atomic mass is 16.5. The fourth-order valence-electron chi connectivity index (χ4n) is 2.80. The topological polar surface area (TPSA) is 64.4 Å². The van der Waals surface area contributed by atoms with E-state index in [0.29, 0.717) is 18.0 Å². The Hall–Kier alpha value is -1.55. The van der Waals surface area contributed by atoms with Crippen LogP contribution in [0.4, 0.5) is 5.69 Å². The van der Waals surface area contributed by atoms with Crippen molar-refractivity contribution in [1.82, 2.24) is 5.32 Å². The van der Waals surface area contributed by atoms with Crippen molar-refractivity contribution in [3.05, 3.63) is 29.8 Å². The molecule has 2 unspecified atom stereocenters. The van der Waals surface area contributed by atoms with E-state index in [9.17, 15) is 4.79 Å². The number of amides is 1. The van der Waals surface area contributed by atoms with Gasteiger partial charge in [0.05, 0.1) is 18.6 Å². The van der Waals surface area contributed by atoms with Gasteiger partial charge in [-0.1, -0.05) is 12.1 Å². The molecule has 4 heteroatoms. The lowest BCUT2D eigenvalue weighted by Gasteiger charge is -2.19. The van der Waals surface area contributed by atoms with Gasteiger partial charge < -0.3 is 15.8 Å². The predicted molar refractivity (Wildman–Crippen MR) is 73.6 cm³/mol. The van der Waals surface area contributed by atoms with Crippen LogP contribution in [-0.2, 0) is 16.0 Å². The molecule has 0 bridgehead atoms. The maximum Gasteiger partial charge on any atom is 0.224 e. The van der Waals surface area contributed by atoms with Crippen LogP contribution in [0.1, 0.15) is 24.8 Å². The Balaban J connectivity index is 1.56. The molecule has 2 aliphatic rings. The maximum atomic E-state index is 12.1. The number of hydrogen-bond donors (Lipinski definition) is 2. The van der Waals surface area contributed by atoms with E-state index >= 15 is 0 Å². The Morgan fingerprint density at radius 3 is 2.95 bits per heavy atom. The second-order valence-electron chi connectivity index (χ2n) is 5.56. The molecular formula is C15H20N2O2. The average molecular weight is 260 g/mol. The van der Waals surface area contributed by atoms with Gasteiger partial charge in [-0.15, -0.1) is 0 Å². The van der Waals surface area contributed by atoms with Gasteiger partial charge in [0, 0.05) is 12.3 Å². The first-order chi connectivity index (χ1) is 9.22. The molecule has 1 heterocycles. The minimum absolute atomic E-state index is 0.0618. The Morgan fingerprint density at radius 1 is 1.37 bits per heavy atom. The summed E-state index contributed by atoms with van der Waals surface area (Å²) < 4.78 is 5.72. The SMILES string of the molecule is Nc1cccc(CC(=O)NC2CCOC2C2CC2)c1. The van der Waals surface area contributed by atoms with Crippen molar-refractivity contribution in [2.45, 2.75) is 37.8 Å². The Labute approximate surface area is 113 Å². The van der Waals surface area contributed by atoms with Crippen LogP contribution in [0.5, 0.6) is 0 Å². The minimum atomic E-state index is 0.0618. The van der Waals surface area contributed by atoms with Gasteiger partial charge in [-0.05, 0) is 42.9 Å². The highest BCUT2D eigenvalue weighted by Crippen LogP contribution is 2.38. The minimum Gasteiger partial charge on any atom is -0.399 e. The number of anilines is 1. The molecule has 1 aliphatic heterocycles. The summed E-state index contributed by atoms with van der Waals surface area (Å²) in [6.07, 6.45) is 4.05. The van der Waals surface area contributed by atoms with E-state index in [-0.39, 0.29) is 18.1 Å². The smallest absolute Gasteiger partial charge is 0.224 e. The van der Waals surface area contributed by atoms with Crippen molar-refractivity contribution < 1.29 is 9.53 Å². The van der Waals surface area contributed by atoms with Crippen LogP contribution in [0, 0.1) is 5.92 Å². The fourth-order valence-corrected chi connectivity index (χ4v) is 2.80. The van der Waals surface area contributed by atoms with E-state index in [1.165, 1.54) is 12.8 Å². The molecule has 2 atom stereocenters. The van der Waals surface area contributed by atoms with Crippen molar-refractivity contribution in [2.75, 3.05) is 12.3 Å². The van der Waals surface area contributed by atoms with Gasteiger partial charge in [0.2, 0.25) is 5.91 Å². The molecule has 0 radical (unpaired) electrons. The van der Waals surface area contributed by atoms with Gasteiger partial charge in [-0.25, -0.2) is 0 Å².